The van der Waals surface area contributed by atoms with Crippen molar-refractivity contribution in [2.24, 2.45) is 0 Å². The van der Waals surface area contributed by atoms with Crippen LogP contribution in [0.2, 0.25) is 0 Å². The molecule has 0 radical (unpaired) electrons. The third-order valence-electron chi connectivity index (χ3n) is 7.18. The average Bonchev–Trinajstić information content (AvgIpc) is 3.39. The summed E-state index contributed by atoms with van der Waals surface area (Å²) in [6, 6.07) is 13.2. The monoisotopic (exact) mass is 606 g/mol. The van der Waals surface area contributed by atoms with E-state index in [4.69, 9.17) is 14.6 Å². The number of carboxylic acid groups (broad SMARTS) is 2. The maximum Gasteiger partial charge on any atom is 0.303 e. The summed E-state index contributed by atoms with van der Waals surface area (Å²) < 4.78 is 12.0. The summed E-state index contributed by atoms with van der Waals surface area (Å²) in [6.45, 7) is 7.36. The number of carboxylic acids is 2. The van der Waals surface area contributed by atoms with Crippen molar-refractivity contribution >= 4 is 29.2 Å². The molecule has 3 aromatic rings. The van der Waals surface area contributed by atoms with E-state index in [0.717, 1.165) is 41.8 Å². The Labute approximate surface area is 255 Å². The van der Waals surface area contributed by atoms with E-state index in [1.807, 2.05) is 46.0 Å². The highest BCUT2D eigenvalue weighted by Gasteiger charge is 2.20. The van der Waals surface area contributed by atoms with Crippen molar-refractivity contribution in [3.8, 4) is 22.6 Å². The van der Waals surface area contributed by atoms with Gasteiger partial charge in [-0.05, 0) is 95.6 Å². The Morgan fingerprint density at radius 2 is 1.79 bits per heavy atom. The third kappa shape index (κ3) is 9.69. The van der Waals surface area contributed by atoms with E-state index in [-0.39, 0.29) is 31.8 Å². The van der Waals surface area contributed by atoms with Crippen LogP contribution in [0.1, 0.15) is 53.6 Å². The summed E-state index contributed by atoms with van der Waals surface area (Å²) >= 11 is 1.59. The average molecular weight is 607 g/mol. The number of carbonyl (C=O) groups excluding carboxylic acids is 1. The molecule has 0 bridgehead atoms. The van der Waals surface area contributed by atoms with Crippen LogP contribution in [-0.2, 0) is 22.4 Å². The number of nitrogens with one attached hydrogen (secondary N) is 1. The standard InChI is InChI=1S/C33H38N2O7S/c1-23(8-9-24-5-2-6-30(29(24)10-11-32(38)39)41-17-3-7-31(36)37)42-28-20-26(25-12-18-43-22-25)19-27(21-28)33(40)35-15-4-13-34-14-16-35/h2,5-6,12,18-22,34H,1,3-4,7-11,13-17H2,(H,36,37)(H,38,39). The first kappa shape index (κ1) is 31.8. The number of hydrogen-bond acceptors (Lipinski definition) is 7. The van der Waals surface area contributed by atoms with Crippen LogP contribution in [0.5, 0.6) is 11.5 Å². The normalized spacial score (nSPS) is 13.3. The number of benzene rings is 2. The summed E-state index contributed by atoms with van der Waals surface area (Å²) in [4.78, 5) is 37.5. The molecule has 0 unspecified atom stereocenters. The number of amides is 1. The summed E-state index contributed by atoms with van der Waals surface area (Å²) in [7, 11) is 0. The van der Waals surface area contributed by atoms with Crippen LogP contribution in [0.15, 0.2) is 65.6 Å². The minimum absolute atomic E-state index is 0.00251. The van der Waals surface area contributed by atoms with Gasteiger partial charge in [-0.25, -0.2) is 0 Å². The lowest BCUT2D eigenvalue weighted by Crippen LogP contribution is -2.34. The molecule has 0 atom stereocenters. The molecule has 228 valence electrons. The summed E-state index contributed by atoms with van der Waals surface area (Å²) in [5, 5.41) is 25.6. The molecular formula is C33H38N2O7S. The maximum atomic E-state index is 13.5. The lowest BCUT2D eigenvalue weighted by Gasteiger charge is -2.21. The fraction of sp³-hybridized carbons (Fsp3) is 0.364. The number of nitrogens with zero attached hydrogens (tertiary/aromatic N) is 1. The third-order valence-corrected chi connectivity index (χ3v) is 7.87. The minimum atomic E-state index is -0.910. The number of aryl methyl sites for hydroxylation is 1. The van der Waals surface area contributed by atoms with Crippen LogP contribution in [-0.4, -0.2) is 65.7 Å². The van der Waals surface area contributed by atoms with Crippen molar-refractivity contribution in [2.75, 3.05) is 32.8 Å². The zero-order valence-electron chi connectivity index (χ0n) is 24.2. The van der Waals surface area contributed by atoms with Crippen LogP contribution < -0.4 is 14.8 Å². The molecule has 1 amide bonds. The molecule has 1 aliphatic heterocycles. The smallest absolute Gasteiger partial charge is 0.303 e. The Morgan fingerprint density at radius 1 is 0.953 bits per heavy atom. The van der Waals surface area contributed by atoms with Gasteiger partial charge in [-0.1, -0.05) is 18.7 Å². The van der Waals surface area contributed by atoms with Crippen molar-refractivity contribution in [2.45, 2.75) is 44.9 Å². The molecule has 2 aromatic carbocycles. The lowest BCUT2D eigenvalue weighted by atomic mass is 9.97. The molecule has 1 saturated heterocycles. The number of ether oxygens (including phenoxy) is 2. The van der Waals surface area contributed by atoms with E-state index in [1.165, 1.54) is 0 Å². The predicted octanol–water partition coefficient (Wildman–Crippen LogP) is 5.64. The fourth-order valence-electron chi connectivity index (χ4n) is 5.00. The van der Waals surface area contributed by atoms with Crippen molar-refractivity contribution in [1.29, 1.82) is 0 Å². The fourth-order valence-corrected chi connectivity index (χ4v) is 5.67. The molecule has 4 rings (SSSR count). The molecule has 1 aliphatic rings. The first-order valence-corrected chi connectivity index (χ1v) is 15.4. The van der Waals surface area contributed by atoms with E-state index in [1.54, 1.807) is 23.5 Å². The second-order valence-corrected chi connectivity index (χ2v) is 11.2. The van der Waals surface area contributed by atoms with Crippen molar-refractivity contribution in [1.82, 2.24) is 10.2 Å². The molecule has 1 aromatic heterocycles. The van der Waals surface area contributed by atoms with E-state index < -0.39 is 11.9 Å². The summed E-state index contributed by atoms with van der Waals surface area (Å²) in [5.74, 6) is -0.223. The van der Waals surface area contributed by atoms with Gasteiger partial charge < -0.3 is 29.9 Å². The second kappa shape index (κ2) is 15.9. The number of aliphatic carboxylic acids is 2. The maximum absolute atomic E-state index is 13.5. The minimum Gasteiger partial charge on any atom is -0.493 e. The highest BCUT2D eigenvalue weighted by atomic mass is 32.1. The van der Waals surface area contributed by atoms with Crippen molar-refractivity contribution in [3.63, 3.8) is 0 Å². The van der Waals surface area contributed by atoms with Crippen LogP contribution in [0.3, 0.4) is 0 Å². The number of carbonyl (C=O) groups is 3. The molecule has 3 N–H and O–H groups in total. The van der Waals surface area contributed by atoms with E-state index in [2.05, 4.69) is 11.9 Å². The SMILES string of the molecule is C=C(CCc1cccc(OCCCC(=O)O)c1CCC(=O)O)Oc1cc(C(=O)N2CCCNCC2)cc(-c2ccsc2)c1. The van der Waals surface area contributed by atoms with Crippen LogP contribution in [0, 0.1) is 0 Å². The quantitative estimate of drug-likeness (QED) is 0.150. The van der Waals surface area contributed by atoms with Gasteiger partial charge in [0.05, 0.1) is 12.4 Å². The topological polar surface area (TPSA) is 125 Å². The molecule has 9 nitrogen and oxygen atoms in total. The van der Waals surface area contributed by atoms with Crippen LogP contribution in [0.4, 0.5) is 0 Å². The lowest BCUT2D eigenvalue weighted by molar-refractivity contribution is -0.138. The summed E-state index contributed by atoms with van der Waals surface area (Å²) in [5.41, 5.74) is 4.17. The molecular weight excluding hydrogens is 568 g/mol. The Kier molecular flexibility index (Phi) is 11.8. The molecule has 43 heavy (non-hydrogen) atoms. The number of allylic oxidation sites excluding steroid dienone is 1. The number of thiophene rings is 1. The second-order valence-electron chi connectivity index (χ2n) is 10.4. The van der Waals surface area contributed by atoms with E-state index in [9.17, 15) is 19.5 Å². The molecule has 0 spiro atoms. The first-order chi connectivity index (χ1) is 20.8. The van der Waals surface area contributed by atoms with Gasteiger partial charge in [-0.2, -0.15) is 11.3 Å². The zero-order chi connectivity index (χ0) is 30.6. The number of hydrogen-bond donors (Lipinski definition) is 3. The number of rotatable bonds is 15. The predicted molar refractivity (Wildman–Crippen MR) is 166 cm³/mol. The van der Waals surface area contributed by atoms with Gasteiger partial charge >= 0.3 is 11.9 Å². The molecule has 0 saturated carbocycles. The molecule has 0 aliphatic carbocycles. The Balaban J connectivity index is 1.48. The van der Waals surface area contributed by atoms with Crippen LogP contribution in [0.25, 0.3) is 11.1 Å². The Hall–Kier alpha value is -4.15. The van der Waals surface area contributed by atoms with Gasteiger partial charge in [-0.15, -0.1) is 0 Å². The highest BCUT2D eigenvalue weighted by Crippen LogP contribution is 2.31. The van der Waals surface area contributed by atoms with Crippen molar-refractivity contribution < 1.29 is 34.1 Å². The highest BCUT2D eigenvalue weighted by molar-refractivity contribution is 7.08. The molecule has 10 heteroatoms. The van der Waals surface area contributed by atoms with E-state index >= 15 is 0 Å². The van der Waals surface area contributed by atoms with E-state index in [0.29, 0.717) is 55.2 Å². The largest absolute Gasteiger partial charge is 0.493 e. The van der Waals surface area contributed by atoms with Gasteiger partial charge in [0.1, 0.15) is 11.5 Å². The Morgan fingerprint density at radius 3 is 2.56 bits per heavy atom. The van der Waals surface area contributed by atoms with Gasteiger partial charge in [0.2, 0.25) is 0 Å². The van der Waals surface area contributed by atoms with Gasteiger partial charge in [0.25, 0.3) is 5.91 Å². The van der Waals surface area contributed by atoms with Crippen molar-refractivity contribution in [3.05, 3.63) is 82.3 Å². The zero-order valence-corrected chi connectivity index (χ0v) is 25.0. The van der Waals surface area contributed by atoms with Gasteiger partial charge in [0, 0.05) is 44.5 Å². The molecule has 2 heterocycles. The van der Waals surface area contributed by atoms with Crippen LogP contribution >= 0.6 is 11.3 Å². The first-order valence-electron chi connectivity index (χ1n) is 14.5. The summed E-state index contributed by atoms with van der Waals surface area (Å²) in [6.07, 6.45) is 2.48. The van der Waals surface area contributed by atoms with Gasteiger partial charge in [0.15, 0.2) is 0 Å². The Bertz CT molecular complexity index is 1410. The molecule has 1 fully saturated rings. The van der Waals surface area contributed by atoms with Gasteiger partial charge in [-0.3, -0.25) is 14.4 Å².